The molecular formula is C25H37NO4. The van der Waals surface area contributed by atoms with Gasteiger partial charge >= 0.3 is 0 Å². The van der Waals surface area contributed by atoms with Gasteiger partial charge in [-0.3, -0.25) is 4.98 Å². The average Bonchev–Trinajstić information content (AvgIpc) is 2.71. The van der Waals surface area contributed by atoms with Gasteiger partial charge in [0.2, 0.25) is 0 Å². The second-order valence-corrected chi connectivity index (χ2v) is 11.5. The number of hydrogen-bond acceptors (Lipinski definition) is 5. The van der Waals surface area contributed by atoms with Crippen molar-refractivity contribution < 1.29 is 19.7 Å². The van der Waals surface area contributed by atoms with Crippen molar-refractivity contribution in [3.8, 4) is 0 Å². The van der Waals surface area contributed by atoms with E-state index in [1.165, 1.54) is 25.7 Å². The van der Waals surface area contributed by atoms with E-state index in [0.29, 0.717) is 29.6 Å². The van der Waals surface area contributed by atoms with E-state index in [9.17, 15) is 10.2 Å². The van der Waals surface area contributed by atoms with E-state index in [1.807, 2.05) is 6.07 Å². The van der Waals surface area contributed by atoms with Crippen LogP contribution in [0.3, 0.4) is 0 Å². The summed E-state index contributed by atoms with van der Waals surface area (Å²) < 4.78 is 13.1. The Morgan fingerprint density at radius 1 is 1.07 bits per heavy atom. The van der Waals surface area contributed by atoms with Gasteiger partial charge in [-0.1, -0.05) is 33.3 Å². The summed E-state index contributed by atoms with van der Waals surface area (Å²) in [6.45, 7) is 9.78. The highest BCUT2D eigenvalue weighted by Gasteiger charge is 2.65. The SMILES string of the molecule is CC1(C)CCC[C@]2(C)C3C[C@H]4c5ccc(CO)nc5CO[C@@]4(CO)O[C@]3(C)CC[C@@H]12. The van der Waals surface area contributed by atoms with E-state index in [4.69, 9.17) is 9.47 Å². The summed E-state index contributed by atoms with van der Waals surface area (Å²) in [5.74, 6) is 0.0831. The van der Waals surface area contributed by atoms with Crippen molar-refractivity contribution >= 4 is 0 Å². The number of pyridine rings is 1. The Balaban J connectivity index is 1.58. The zero-order chi connectivity index (χ0) is 21.4. The molecule has 5 heteroatoms. The fraction of sp³-hybridized carbons (Fsp3) is 0.800. The van der Waals surface area contributed by atoms with Gasteiger partial charge < -0.3 is 19.7 Å². The minimum atomic E-state index is -0.992. The van der Waals surface area contributed by atoms with Crippen LogP contribution in [0.15, 0.2) is 12.1 Å². The first-order chi connectivity index (χ1) is 14.2. The Bertz CT molecular complexity index is 840. The Morgan fingerprint density at radius 2 is 1.87 bits per heavy atom. The topological polar surface area (TPSA) is 71.8 Å². The molecular weight excluding hydrogens is 378 g/mol. The molecule has 1 aromatic heterocycles. The summed E-state index contributed by atoms with van der Waals surface area (Å²) in [6.07, 6.45) is 6.99. The highest BCUT2D eigenvalue weighted by atomic mass is 16.7. The van der Waals surface area contributed by atoms with Gasteiger partial charge in [-0.15, -0.1) is 0 Å². The normalized spacial score (nSPS) is 44.4. The molecule has 0 aromatic carbocycles. The third kappa shape index (κ3) is 2.78. The highest BCUT2D eigenvalue weighted by molar-refractivity contribution is 5.32. The summed E-state index contributed by atoms with van der Waals surface area (Å²) >= 11 is 0. The van der Waals surface area contributed by atoms with Gasteiger partial charge in [0, 0.05) is 5.92 Å². The van der Waals surface area contributed by atoms with Crippen molar-refractivity contribution in [1.82, 2.24) is 4.98 Å². The van der Waals surface area contributed by atoms with Gasteiger partial charge in [-0.05, 0) is 73.3 Å². The molecule has 3 heterocycles. The number of rotatable bonds is 2. The van der Waals surface area contributed by atoms with Crippen molar-refractivity contribution in [2.24, 2.45) is 22.7 Å². The number of fused-ring (bicyclic) bond motifs is 6. The quantitative estimate of drug-likeness (QED) is 0.754. The van der Waals surface area contributed by atoms with E-state index in [0.717, 1.165) is 24.1 Å². The molecule has 5 rings (SSSR count). The summed E-state index contributed by atoms with van der Waals surface area (Å²) in [6, 6.07) is 3.97. The lowest BCUT2D eigenvalue weighted by molar-refractivity contribution is -0.374. The second-order valence-electron chi connectivity index (χ2n) is 11.5. The predicted octanol–water partition coefficient (Wildman–Crippen LogP) is 4.30. The number of aromatic nitrogens is 1. The minimum Gasteiger partial charge on any atom is -0.391 e. The van der Waals surface area contributed by atoms with Crippen LogP contribution in [0.5, 0.6) is 0 Å². The molecule has 166 valence electrons. The molecule has 2 aliphatic heterocycles. The molecule has 0 amide bonds. The van der Waals surface area contributed by atoms with Gasteiger partial charge in [0.25, 0.3) is 0 Å². The lowest BCUT2D eigenvalue weighted by Crippen LogP contribution is -2.67. The van der Waals surface area contributed by atoms with E-state index in [1.54, 1.807) is 0 Å². The van der Waals surface area contributed by atoms with Crippen molar-refractivity contribution in [3.05, 3.63) is 29.1 Å². The molecule has 1 unspecified atom stereocenters. The summed E-state index contributed by atoms with van der Waals surface area (Å²) in [7, 11) is 0. The lowest BCUT2D eigenvalue weighted by Gasteiger charge is -2.67. The molecule has 1 saturated heterocycles. The molecule has 0 bridgehead atoms. The molecule has 6 atom stereocenters. The highest BCUT2D eigenvalue weighted by Crippen LogP contribution is 2.67. The molecule has 0 spiro atoms. The largest absolute Gasteiger partial charge is 0.391 e. The van der Waals surface area contributed by atoms with Crippen molar-refractivity contribution in [2.45, 2.75) is 96.7 Å². The monoisotopic (exact) mass is 415 g/mol. The van der Waals surface area contributed by atoms with Crippen LogP contribution in [0.4, 0.5) is 0 Å². The van der Waals surface area contributed by atoms with Crippen LogP contribution >= 0.6 is 0 Å². The number of aliphatic hydroxyl groups is 2. The molecule has 1 aromatic rings. The van der Waals surface area contributed by atoms with Crippen LogP contribution in [0.1, 0.15) is 89.1 Å². The van der Waals surface area contributed by atoms with Gasteiger partial charge in [-0.2, -0.15) is 0 Å². The van der Waals surface area contributed by atoms with Gasteiger partial charge in [0.05, 0.1) is 36.8 Å². The first kappa shape index (κ1) is 20.9. The smallest absolute Gasteiger partial charge is 0.199 e. The second kappa shape index (κ2) is 6.74. The molecule has 2 saturated carbocycles. The fourth-order valence-corrected chi connectivity index (χ4v) is 8.08. The van der Waals surface area contributed by atoms with Crippen LogP contribution in [0.2, 0.25) is 0 Å². The van der Waals surface area contributed by atoms with Crippen LogP contribution in [0.25, 0.3) is 0 Å². The van der Waals surface area contributed by atoms with Crippen molar-refractivity contribution in [2.75, 3.05) is 6.61 Å². The van der Waals surface area contributed by atoms with E-state index in [2.05, 4.69) is 38.7 Å². The summed E-state index contributed by atoms with van der Waals surface area (Å²) in [5.41, 5.74) is 2.97. The maximum atomic E-state index is 10.5. The number of nitrogens with zero attached hydrogens (tertiary/aromatic N) is 1. The molecule has 0 radical (unpaired) electrons. The van der Waals surface area contributed by atoms with Crippen LogP contribution in [0, 0.1) is 22.7 Å². The van der Waals surface area contributed by atoms with E-state index < -0.39 is 5.79 Å². The van der Waals surface area contributed by atoms with Crippen LogP contribution < -0.4 is 0 Å². The molecule has 2 aliphatic carbocycles. The van der Waals surface area contributed by atoms with Crippen molar-refractivity contribution in [3.63, 3.8) is 0 Å². The first-order valence-electron chi connectivity index (χ1n) is 11.7. The summed E-state index contributed by atoms with van der Waals surface area (Å²) in [4.78, 5) is 4.62. The van der Waals surface area contributed by atoms with Crippen LogP contribution in [-0.4, -0.2) is 33.2 Å². The lowest BCUT2D eigenvalue weighted by atomic mass is 9.44. The van der Waals surface area contributed by atoms with Gasteiger partial charge in [0.15, 0.2) is 5.79 Å². The number of ether oxygens (including phenoxy) is 2. The minimum absolute atomic E-state index is 0.0369. The maximum Gasteiger partial charge on any atom is 0.199 e. The molecule has 3 fully saturated rings. The Kier molecular flexibility index (Phi) is 4.69. The molecule has 5 nitrogen and oxygen atoms in total. The fourth-order valence-electron chi connectivity index (χ4n) is 8.08. The first-order valence-corrected chi connectivity index (χ1v) is 11.7. The Morgan fingerprint density at radius 3 is 2.60 bits per heavy atom. The third-order valence-corrected chi connectivity index (χ3v) is 9.42. The zero-order valence-electron chi connectivity index (χ0n) is 18.9. The number of hydrogen-bond donors (Lipinski definition) is 2. The Hall–Kier alpha value is -1.01. The molecule has 30 heavy (non-hydrogen) atoms. The van der Waals surface area contributed by atoms with Gasteiger partial charge in [0.1, 0.15) is 0 Å². The predicted molar refractivity (Wildman–Crippen MR) is 114 cm³/mol. The molecule has 2 N–H and O–H groups in total. The Labute approximate surface area is 180 Å². The zero-order valence-corrected chi connectivity index (χ0v) is 18.9. The van der Waals surface area contributed by atoms with Crippen LogP contribution in [-0.2, 0) is 22.7 Å². The van der Waals surface area contributed by atoms with E-state index >= 15 is 0 Å². The number of aliphatic hydroxyl groups excluding tert-OH is 2. The standard InChI is InChI=1S/C25H37NO4/c1-22(2)9-5-10-23(3)20(22)8-11-24(4)21(23)12-18-17-7-6-16(13-27)26-19(17)14-29-25(18,15-28)30-24/h6-7,18,20-21,27-28H,5,8-15H2,1-4H3/t18-,20-,21?,23-,24+,25-/m0/s1. The summed E-state index contributed by atoms with van der Waals surface area (Å²) in [5, 5.41) is 20.0. The van der Waals surface area contributed by atoms with E-state index in [-0.39, 0.29) is 30.1 Å². The molecule has 4 aliphatic rings. The third-order valence-electron chi connectivity index (χ3n) is 9.42. The maximum absolute atomic E-state index is 10.5. The average molecular weight is 416 g/mol. The van der Waals surface area contributed by atoms with Crippen molar-refractivity contribution in [1.29, 1.82) is 0 Å². The van der Waals surface area contributed by atoms with Gasteiger partial charge in [-0.25, -0.2) is 0 Å².